The predicted octanol–water partition coefficient (Wildman–Crippen LogP) is 1.92. The zero-order chi connectivity index (χ0) is 10.6. The first-order valence-electron chi connectivity index (χ1n) is 4.22. The number of phenolic OH excluding ortho intramolecular Hbond substituents is 1. The van der Waals surface area contributed by atoms with Crippen LogP contribution in [0.3, 0.4) is 0 Å². The minimum atomic E-state index is 0.358. The second kappa shape index (κ2) is 4.68. The molecule has 2 rings (SSSR count). The monoisotopic (exact) mass is 186 g/mol. The van der Waals surface area contributed by atoms with Crippen LogP contribution in [0.2, 0.25) is 0 Å². The molecule has 2 aromatic carbocycles. The molecule has 14 heavy (non-hydrogen) atoms. The van der Waals surface area contributed by atoms with E-state index in [2.05, 4.69) is 8.05 Å². The first-order chi connectivity index (χ1) is 6.79. The zero-order valence-corrected chi connectivity index (χ0v) is 7.94. The van der Waals surface area contributed by atoms with Crippen LogP contribution in [0, 0.1) is 6.92 Å². The molecule has 0 heterocycles. The number of aryl methyl sites for hydroxylation is 1. The van der Waals surface area contributed by atoms with Crippen molar-refractivity contribution < 1.29 is 10.1 Å². The molecule has 2 radical (unpaired) electrons. The van der Waals surface area contributed by atoms with Crippen LogP contribution >= 0.6 is 0 Å². The van der Waals surface area contributed by atoms with Gasteiger partial charge in [-0.25, -0.2) is 0 Å². The van der Waals surface area contributed by atoms with Gasteiger partial charge in [0.25, 0.3) is 8.05 Å². The van der Waals surface area contributed by atoms with Crippen LogP contribution in [0.15, 0.2) is 36.4 Å². The molecule has 0 fully saturated rings. The maximum Gasteiger partial charge on any atom is 0.277 e. The molecular weight excluding hydrogens is 175 g/mol. The van der Waals surface area contributed by atoms with E-state index >= 15 is 0 Å². The van der Waals surface area contributed by atoms with Gasteiger partial charge in [0.1, 0.15) is 5.75 Å². The van der Waals surface area contributed by atoms with Gasteiger partial charge in [-0.2, -0.15) is 0 Å². The predicted molar refractivity (Wildman–Crippen MR) is 58.3 cm³/mol. The summed E-state index contributed by atoms with van der Waals surface area (Å²) in [5.74, 6) is 0.358. The van der Waals surface area contributed by atoms with E-state index in [9.17, 15) is 5.11 Å². The highest BCUT2D eigenvalue weighted by atomic mass is 16.3. The van der Waals surface area contributed by atoms with E-state index in [1.165, 1.54) is 5.56 Å². The minimum Gasteiger partial charge on any atom is -0.507 e. The average Bonchev–Trinajstić information content (AvgIpc) is 2.27. The van der Waals surface area contributed by atoms with Crippen molar-refractivity contribution in [1.29, 1.82) is 0 Å². The summed E-state index contributed by atoms with van der Waals surface area (Å²) < 4.78 is 0. The van der Waals surface area contributed by atoms with E-state index in [4.69, 9.17) is 5.02 Å². The van der Waals surface area contributed by atoms with Gasteiger partial charge in [-0.15, -0.1) is 0 Å². The van der Waals surface area contributed by atoms with E-state index in [-0.39, 0.29) is 0 Å². The van der Waals surface area contributed by atoms with Crippen molar-refractivity contribution in [2.24, 2.45) is 0 Å². The molecule has 3 heteroatoms. The van der Waals surface area contributed by atoms with Crippen molar-refractivity contribution in [3.8, 4) is 5.75 Å². The number of fused-ring (bicyclic) bond motifs is 1. The van der Waals surface area contributed by atoms with Gasteiger partial charge in [-0.1, -0.05) is 30.3 Å². The summed E-state index contributed by atoms with van der Waals surface area (Å²) in [7, 11) is 3.50. The Balaban J connectivity index is 0.000000461. The van der Waals surface area contributed by atoms with E-state index in [0.29, 0.717) is 5.75 Å². The number of hydrogen-bond acceptors (Lipinski definition) is 2. The minimum absolute atomic E-state index is 0.358. The lowest BCUT2D eigenvalue weighted by atomic mass is 10.1. The van der Waals surface area contributed by atoms with Crippen LogP contribution < -0.4 is 0 Å². The van der Waals surface area contributed by atoms with Gasteiger partial charge in [-0.3, -0.25) is 0 Å². The van der Waals surface area contributed by atoms with Crippen LogP contribution in [0.1, 0.15) is 5.56 Å². The van der Waals surface area contributed by atoms with E-state index in [1.54, 1.807) is 6.07 Å². The molecule has 0 unspecified atom stereocenters. The van der Waals surface area contributed by atoms with Gasteiger partial charge in [0.15, 0.2) is 0 Å². The summed E-state index contributed by atoms with van der Waals surface area (Å²) in [6.45, 7) is 2.04. The maximum absolute atomic E-state index is 9.50. The molecule has 0 saturated carbocycles. The molecule has 70 valence electrons. The Morgan fingerprint density at radius 2 is 1.50 bits per heavy atom. The SMILES string of the molecule is Cc1ccc(O)c2ccccc12.[B]O. The number of benzene rings is 2. The topological polar surface area (TPSA) is 40.5 Å². The Morgan fingerprint density at radius 1 is 0.929 bits per heavy atom. The average molecular weight is 186 g/mol. The highest BCUT2D eigenvalue weighted by Gasteiger charge is 1.99. The summed E-state index contributed by atoms with van der Waals surface area (Å²) in [4.78, 5) is 0. The van der Waals surface area contributed by atoms with Crippen molar-refractivity contribution in [3.05, 3.63) is 42.0 Å². The Kier molecular flexibility index (Phi) is 3.54. The number of aromatic hydroxyl groups is 1. The molecule has 0 aliphatic rings. The van der Waals surface area contributed by atoms with Crippen LogP contribution in [-0.2, 0) is 0 Å². The Bertz CT molecular complexity index is 386. The van der Waals surface area contributed by atoms with Gasteiger partial charge in [0.2, 0.25) is 0 Å². The zero-order valence-electron chi connectivity index (χ0n) is 7.94. The molecule has 0 atom stereocenters. The third-order valence-corrected chi connectivity index (χ3v) is 2.12. The molecule has 0 aromatic heterocycles. The Morgan fingerprint density at radius 3 is 2.07 bits per heavy atom. The smallest absolute Gasteiger partial charge is 0.277 e. The quantitative estimate of drug-likeness (QED) is 0.617. The van der Waals surface area contributed by atoms with Crippen molar-refractivity contribution in [3.63, 3.8) is 0 Å². The largest absolute Gasteiger partial charge is 0.507 e. The van der Waals surface area contributed by atoms with E-state index in [1.807, 2.05) is 37.3 Å². The molecular formula is C11H11BO2. The third-order valence-electron chi connectivity index (χ3n) is 2.12. The molecule has 0 aliphatic carbocycles. The number of hydrogen-bond donors (Lipinski definition) is 2. The molecule has 0 bridgehead atoms. The van der Waals surface area contributed by atoms with Crippen LogP contribution in [0.25, 0.3) is 10.8 Å². The summed E-state index contributed by atoms with van der Waals surface area (Å²) in [5.41, 5.74) is 1.20. The Labute approximate surface area is 84.3 Å². The second-order valence-electron chi connectivity index (χ2n) is 2.95. The van der Waals surface area contributed by atoms with Gasteiger partial charge < -0.3 is 10.1 Å². The third kappa shape index (κ3) is 1.88. The maximum atomic E-state index is 9.50. The lowest BCUT2D eigenvalue weighted by molar-refractivity contribution is 0.481. The van der Waals surface area contributed by atoms with Gasteiger partial charge in [0, 0.05) is 5.39 Å². The van der Waals surface area contributed by atoms with Crippen molar-refractivity contribution in [2.75, 3.05) is 0 Å². The fraction of sp³-hybridized carbons (Fsp3) is 0.0909. The lowest BCUT2D eigenvalue weighted by Crippen LogP contribution is -1.77. The molecule has 0 amide bonds. The summed E-state index contributed by atoms with van der Waals surface area (Å²) in [5, 5.41) is 18.0. The summed E-state index contributed by atoms with van der Waals surface area (Å²) in [6.07, 6.45) is 0. The van der Waals surface area contributed by atoms with Crippen LogP contribution in [-0.4, -0.2) is 18.2 Å². The number of rotatable bonds is 0. The van der Waals surface area contributed by atoms with Gasteiger partial charge in [0.05, 0.1) is 0 Å². The summed E-state index contributed by atoms with van der Waals surface area (Å²) in [6, 6.07) is 11.5. The first-order valence-corrected chi connectivity index (χ1v) is 4.22. The van der Waals surface area contributed by atoms with Crippen molar-refractivity contribution in [1.82, 2.24) is 0 Å². The van der Waals surface area contributed by atoms with Gasteiger partial charge in [-0.05, 0) is 23.9 Å². The molecule has 0 saturated heterocycles. The van der Waals surface area contributed by atoms with Crippen LogP contribution in [0.5, 0.6) is 5.75 Å². The molecule has 2 aromatic rings. The normalized spacial score (nSPS) is 9.29. The summed E-state index contributed by atoms with van der Waals surface area (Å²) >= 11 is 0. The van der Waals surface area contributed by atoms with E-state index < -0.39 is 0 Å². The molecule has 0 spiro atoms. The van der Waals surface area contributed by atoms with Gasteiger partial charge >= 0.3 is 0 Å². The molecule has 2 N–H and O–H groups in total. The van der Waals surface area contributed by atoms with Crippen LogP contribution in [0.4, 0.5) is 0 Å². The van der Waals surface area contributed by atoms with Crippen molar-refractivity contribution >= 4 is 18.8 Å². The Hall–Kier alpha value is -1.48. The standard InChI is InChI=1S/C11H10O.BHO/c1-8-6-7-11(12)10-5-3-2-4-9(8)10;1-2/h2-7,12H,1H3;2H. The highest BCUT2D eigenvalue weighted by Crippen LogP contribution is 2.26. The fourth-order valence-corrected chi connectivity index (χ4v) is 1.43. The van der Waals surface area contributed by atoms with Crippen molar-refractivity contribution in [2.45, 2.75) is 6.92 Å². The second-order valence-corrected chi connectivity index (χ2v) is 2.95. The van der Waals surface area contributed by atoms with E-state index in [0.717, 1.165) is 10.8 Å². The number of phenols is 1. The highest BCUT2D eigenvalue weighted by molar-refractivity contribution is 5.95. The molecule has 0 aliphatic heterocycles. The lowest BCUT2D eigenvalue weighted by Gasteiger charge is -2.02. The fourth-order valence-electron chi connectivity index (χ4n) is 1.43. The molecule has 2 nitrogen and oxygen atoms in total. The first kappa shape index (κ1) is 10.6.